The fraction of sp³-hybridized carbons (Fsp3) is 0.250. The number of hydrogen-bond acceptors (Lipinski definition) is 5. The zero-order valence-corrected chi connectivity index (χ0v) is 19.9. The number of halogens is 1. The van der Waals surface area contributed by atoms with E-state index >= 15 is 0 Å². The molecular weight excluding hydrogens is 464 g/mol. The molecule has 178 valence electrons. The summed E-state index contributed by atoms with van der Waals surface area (Å²) >= 11 is 6.28. The van der Waals surface area contributed by atoms with Gasteiger partial charge >= 0.3 is 5.97 Å². The Morgan fingerprint density at radius 1 is 0.943 bits per heavy atom. The van der Waals surface area contributed by atoms with Crippen LogP contribution >= 0.6 is 11.6 Å². The van der Waals surface area contributed by atoms with E-state index in [4.69, 9.17) is 16.3 Å². The summed E-state index contributed by atoms with van der Waals surface area (Å²) in [6.07, 6.45) is 0.205. The molecule has 3 aromatic carbocycles. The van der Waals surface area contributed by atoms with Crippen molar-refractivity contribution in [3.05, 3.63) is 107 Å². The lowest BCUT2D eigenvalue weighted by atomic mass is 9.76. The van der Waals surface area contributed by atoms with Crippen molar-refractivity contribution in [3.8, 4) is 0 Å². The summed E-state index contributed by atoms with van der Waals surface area (Å²) in [4.78, 5) is 42.4. The van der Waals surface area contributed by atoms with Gasteiger partial charge in [-0.25, -0.2) is 0 Å². The van der Waals surface area contributed by atoms with Gasteiger partial charge in [-0.2, -0.15) is 0 Å². The zero-order chi connectivity index (χ0) is 24.6. The van der Waals surface area contributed by atoms with Gasteiger partial charge in [-0.3, -0.25) is 24.6 Å². The molecule has 1 N–H and O–H groups in total. The number of fused-ring (bicyclic) bond motifs is 1. The normalized spacial score (nSPS) is 25.5. The van der Waals surface area contributed by atoms with Crippen molar-refractivity contribution in [1.29, 1.82) is 0 Å². The van der Waals surface area contributed by atoms with Crippen LogP contribution in [0.1, 0.15) is 22.7 Å². The molecule has 0 bridgehead atoms. The van der Waals surface area contributed by atoms with Gasteiger partial charge in [0.25, 0.3) is 0 Å². The monoisotopic (exact) mass is 488 g/mol. The Hall–Kier alpha value is -3.48. The molecule has 2 aliphatic heterocycles. The number of carbonyl (C=O) groups excluding carboxylic acids is 3. The van der Waals surface area contributed by atoms with Crippen LogP contribution in [0.4, 0.5) is 0 Å². The van der Waals surface area contributed by atoms with Gasteiger partial charge in [0.05, 0.1) is 25.5 Å². The average Bonchev–Trinajstić information content (AvgIpc) is 3.34. The van der Waals surface area contributed by atoms with Crippen LogP contribution in [0.3, 0.4) is 0 Å². The van der Waals surface area contributed by atoms with Gasteiger partial charge in [-0.05, 0) is 28.8 Å². The lowest BCUT2D eigenvalue weighted by Crippen LogP contribution is -2.57. The first-order valence-electron chi connectivity index (χ1n) is 11.5. The summed E-state index contributed by atoms with van der Waals surface area (Å²) in [6.45, 7) is 0.149. The summed E-state index contributed by atoms with van der Waals surface area (Å²) in [5, 5.41) is 3.90. The topological polar surface area (TPSA) is 75.7 Å². The third-order valence-electron chi connectivity index (χ3n) is 7.01. The van der Waals surface area contributed by atoms with E-state index in [1.807, 2.05) is 66.7 Å². The highest BCUT2D eigenvalue weighted by Crippen LogP contribution is 2.50. The van der Waals surface area contributed by atoms with E-state index in [0.717, 1.165) is 16.7 Å². The molecule has 5 rings (SSSR count). The van der Waals surface area contributed by atoms with E-state index < -0.39 is 29.4 Å². The molecule has 7 heteroatoms. The third kappa shape index (κ3) is 4.03. The van der Waals surface area contributed by atoms with Crippen molar-refractivity contribution in [1.82, 2.24) is 10.2 Å². The molecule has 0 aliphatic carbocycles. The number of nitrogens with zero attached hydrogens (tertiary/aromatic N) is 1. The molecule has 2 fully saturated rings. The molecular formula is C28H25ClN2O4. The number of ether oxygens (including phenoxy) is 1. The first-order chi connectivity index (χ1) is 16.9. The number of rotatable bonds is 6. The van der Waals surface area contributed by atoms with Crippen molar-refractivity contribution in [2.24, 2.45) is 11.8 Å². The highest BCUT2D eigenvalue weighted by Gasteiger charge is 2.68. The van der Waals surface area contributed by atoms with Crippen molar-refractivity contribution in [2.45, 2.75) is 24.5 Å². The van der Waals surface area contributed by atoms with Crippen molar-refractivity contribution < 1.29 is 19.1 Å². The molecule has 2 saturated heterocycles. The smallest absolute Gasteiger partial charge is 0.327 e. The maximum atomic E-state index is 13.9. The van der Waals surface area contributed by atoms with Crippen LogP contribution in [0.2, 0.25) is 5.02 Å². The van der Waals surface area contributed by atoms with Gasteiger partial charge < -0.3 is 4.74 Å². The molecule has 0 aromatic heterocycles. The largest absolute Gasteiger partial charge is 0.468 e. The minimum Gasteiger partial charge on any atom is -0.468 e. The van der Waals surface area contributed by atoms with Crippen LogP contribution in [-0.2, 0) is 32.1 Å². The van der Waals surface area contributed by atoms with Gasteiger partial charge in [0, 0.05) is 17.5 Å². The van der Waals surface area contributed by atoms with Gasteiger partial charge in [0.2, 0.25) is 11.8 Å². The predicted octanol–water partition coefficient (Wildman–Crippen LogP) is 3.94. The first kappa shape index (κ1) is 23.3. The Kier molecular flexibility index (Phi) is 6.17. The first-order valence-corrected chi connectivity index (χ1v) is 11.9. The van der Waals surface area contributed by atoms with E-state index in [-0.39, 0.29) is 24.8 Å². The highest BCUT2D eigenvalue weighted by molar-refractivity contribution is 6.30. The molecule has 0 spiro atoms. The lowest BCUT2D eigenvalue weighted by molar-refractivity contribution is -0.154. The van der Waals surface area contributed by atoms with Crippen LogP contribution in [0.5, 0.6) is 0 Å². The SMILES string of the molecule is COC(=O)[C@]1(Cc2ccccc2)N[C@@H](c2cccc(Cl)c2)[C@@H]2C(=O)N(Cc3ccccc3)C(=O)[C@@H]21. The second kappa shape index (κ2) is 9.29. The standard InChI is InChI=1S/C28H25ClN2O4/c1-35-27(34)28(16-18-9-4-2-5-10-18)23-22(24(30-28)20-13-8-14-21(29)15-20)25(32)31(26(23)33)17-19-11-6-3-7-12-19/h2-15,22-24,30H,16-17H2,1H3/t22-,23-,24+,28-/m1/s1. The summed E-state index contributed by atoms with van der Waals surface area (Å²) in [6, 6.07) is 25.4. The second-order valence-electron chi connectivity index (χ2n) is 9.05. The number of likely N-dealkylation sites (tertiary alicyclic amines) is 1. The number of imide groups is 1. The quantitative estimate of drug-likeness (QED) is 0.420. The van der Waals surface area contributed by atoms with E-state index in [9.17, 15) is 14.4 Å². The summed E-state index contributed by atoms with van der Waals surface area (Å²) in [5.41, 5.74) is 1.03. The Bertz CT molecular complexity index is 1270. The van der Waals surface area contributed by atoms with Gasteiger partial charge in [-0.1, -0.05) is 84.4 Å². The summed E-state index contributed by atoms with van der Waals surface area (Å²) in [7, 11) is 1.31. The van der Waals surface area contributed by atoms with E-state index in [0.29, 0.717) is 5.02 Å². The van der Waals surface area contributed by atoms with E-state index in [2.05, 4.69) is 5.32 Å². The number of esters is 1. The van der Waals surface area contributed by atoms with Crippen molar-refractivity contribution >= 4 is 29.4 Å². The van der Waals surface area contributed by atoms with Gasteiger partial charge in [0.1, 0.15) is 5.54 Å². The number of methoxy groups -OCH3 is 1. The maximum Gasteiger partial charge on any atom is 0.327 e. The van der Waals surface area contributed by atoms with Crippen molar-refractivity contribution in [3.63, 3.8) is 0 Å². The highest BCUT2D eigenvalue weighted by atomic mass is 35.5. The Labute approximate surface area is 208 Å². The fourth-order valence-electron chi connectivity index (χ4n) is 5.49. The van der Waals surface area contributed by atoms with Gasteiger partial charge in [-0.15, -0.1) is 0 Å². The van der Waals surface area contributed by atoms with Gasteiger partial charge in [0.15, 0.2) is 0 Å². The molecule has 4 atom stereocenters. The maximum absolute atomic E-state index is 13.9. The minimum absolute atomic E-state index is 0.149. The molecule has 6 nitrogen and oxygen atoms in total. The average molecular weight is 489 g/mol. The number of nitrogens with one attached hydrogen (secondary N) is 1. The second-order valence-corrected chi connectivity index (χ2v) is 9.49. The third-order valence-corrected chi connectivity index (χ3v) is 7.25. The number of amides is 2. The molecule has 35 heavy (non-hydrogen) atoms. The predicted molar refractivity (Wildman–Crippen MR) is 131 cm³/mol. The molecule has 0 saturated carbocycles. The van der Waals surface area contributed by atoms with E-state index in [1.54, 1.807) is 18.2 Å². The lowest BCUT2D eigenvalue weighted by Gasteiger charge is -2.32. The summed E-state index contributed by atoms with van der Waals surface area (Å²) < 4.78 is 5.25. The Morgan fingerprint density at radius 2 is 1.60 bits per heavy atom. The van der Waals surface area contributed by atoms with Crippen LogP contribution in [-0.4, -0.2) is 35.3 Å². The number of benzene rings is 3. The minimum atomic E-state index is -1.41. The Balaban J connectivity index is 1.63. The van der Waals surface area contributed by atoms with Crippen LogP contribution in [0, 0.1) is 11.8 Å². The fourth-order valence-corrected chi connectivity index (χ4v) is 5.69. The molecule has 0 radical (unpaired) electrons. The molecule has 3 aromatic rings. The number of hydrogen-bond donors (Lipinski definition) is 1. The van der Waals surface area contributed by atoms with Crippen LogP contribution < -0.4 is 5.32 Å². The van der Waals surface area contributed by atoms with Crippen LogP contribution in [0.15, 0.2) is 84.9 Å². The Morgan fingerprint density at radius 3 is 2.23 bits per heavy atom. The number of carbonyl (C=O) groups is 3. The van der Waals surface area contributed by atoms with E-state index in [1.165, 1.54) is 12.0 Å². The summed E-state index contributed by atoms with van der Waals surface area (Å²) in [5.74, 6) is -2.94. The molecule has 2 heterocycles. The molecule has 2 aliphatic rings. The van der Waals surface area contributed by atoms with Crippen molar-refractivity contribution in [2.75, 3.05) is 7.11 Å². The molecule has 0 unspecified atom stereocenters. The molecule has 2 amide bonds. The zero-order valence-electron chi connectivity index (χ0n) is 19.2. The van der Waals surface area contributed by atoms with Crippen LogP contribution in [0.25, 0.3) is 0 Å².